The second kappa shape index (κ2) is 4.85. The van der Waals surface area contributed by atoms with E-state index < -0.39 is 0 Å². The highest BCUT2D eigenvalue weighted by Crippen LogP contribution is 2.31. The lowest BCUT2D eigenvalue weighted by Crippen LogP contribution is -2.40. The van der Waals surface area contributed by atoms with Crippen LogP contribution in [0.5, 0.6) is 0 Å². The van der Waals surface area contributed by atoms with Crippen LogP contribution in [0.15, 0.2) is 29.1 Å². The van der Waals surface area contributed by atoms with Crippen molar-refractivity contribution in [3.8, 4) is 0 Å². The summed E-state index contributed by atoms with van der Waals surface area (Å²) in [6, 6.07) is 7.50. The minimum absolute atomic E-state index is 0.0152. The zero-order valence-corrected chi connectivity index (χ0v) is 13.6. The van der Waals surface area contributed by atoms with Gasteiger partial charge in [-0.25, -0.2) is 0 Å². The molecule has 4 heteroatoms. The highest BCUT2D eigenvalue weighted by atomic mass is 32.1. The number of hydrogen-bond donors (Lipinski definition) is 1. The van der Waals surface area contributed by atoms with Crippen molar-refractivity contribution >= 4 is 23.1 Å². The molecule has 0 amide bonds. The molecule has 1 aromatic carbocycles. The van der Waals surface area contributed by atoms with Crippen LogP contribution in [0.4, 0.5) is 0 Å². The van der Waals surface area contributed by atoms with Crippen molar-refractivity contribution in [2.75, 3.05) is 0 Å². The third-order valence-electron chi connectivity index (χ3n) is 3.37. The van der Waals surface area contributed by atoms with Gasteiger partial charge in [0.1, 0.15) is 0 Å². The number of nitrogens with zero attached hydrogens (tertiary/aromatic N) is 1. The van der Waals surface area contributed by atoms with Gasteiger partial charge in [0.2, 0.25) is 0 Å². The molecule has 0 unspecified atom stereocenters. The number of rotatable bonds is 2. The first-order chi connectivity index (χ1) is 9.12. The lowest BCUT2D eigenvalue weighted by molar-refractivity contribution is 0.207. The van der Waals surface area contributed by atoms with Crippen molar-refractivity contribution in [1.82, 2.24) is 9.55 Å². The minimum atomic E-state index is -0.326. The first-order valence-electron chi connectivity index (χ1n) is 6.86. The lowest BCUT2D eigenvalue weighted by Gasteiger charge is -2.34. The van der Waals surface area contributed by atoms with Crippen LogP contribution >= 0.6 is 12.2 Å². The number of hydrogen-bond acceptors (Lipinski definition) is 2. The van der Waals surface area contributed by atoms with E-state index in [0.29, 0.717) is 10.2 Å². The van der Waals surface area contributed by atoms with E-state index in [-0.39, 0.29) is 16.5 Å². The van der Waals surface area contributed by atoms with Gasteiger partial charge < -0.3 is 4.98 Å². The Kier molecular flexibility index (Phi) is 3.63. The van der Waals surface area contributed by atoms with Gasteiger partial charge in [0.15, 0.2) is 4.77 Å². The number of aromatic amines is 1. The van der Waals surface area contributed by atoms with Crippen molar-refractivity contribution in [3.63, 3.8) is 0 Å². The third kappa shape index (κ3) is 2.85. The number of benzene rings is 1. The van der Waals surface area contributed by atoms with Crippen LogP contribution in [0, 0.1) is 10.2 Å². The highest BCUT2D eigenvalue weighted by Gasteiger charge is 2.29. The largest absolute Gasteiger partial charge is 0.332 e. The molecule has 1 aromatic heterocycles. The summed E-state index contributed by atoms with van der Waals surface area (Å²) >= 11 is 5.41. The van der Waals surface area contributed by atoms with Gasteiger partial charge in [0.25, 0.3) is 5.56 Å². The van der Waals surface area contributed by atoms with Gasteiger partial charge in [0, 0.05) is 5.54 Å². The summed E-state index contributed by atoms with van der Waals surface area (Å²) in [4.78, 5) is 15.9. The molecule has 2 rings (SSSR count). The van der Waals surface area contributed by atoms with Crippen LogP contribution < -0.4 is 5.56 Å². The molecule has 0 saturated heterocycles. The summed E-state index contributed by atoms with van der Waals surface area (Å²) < 4.78 is 2.21. The molecular formula is C16H22N2OS. The van der Waals surface area contributed by atoms with E-state index in [1.54, 1.807) is 4.57 Å². The molecule has 2 aromatic rings. The fourth-order valence-electron chi connectivity index (χ4n) is 3.09. The van der Waals surface area contributed by atoms with Gasteiger partial charge in [-0.2, -0.15) is 0 Å². The lowest BCUT2D eigenvalue weighted by atomic mass is 9.81. The minimum Gasteiger partial charge on any atom is -0.332 e. The Morgan fingerprint density at radius 2 is 1.75 bits per heavy atom. The summed E-state index contributed by atoms with van der Waals surface area (Å²) in [7, 11) is 0. The summed E-state index contributed by atoms with van der Waals surface area (Å²) in [5.41, 5.74) is 0.576. The Morgan fingerprint density at radius 3 is 2.35 bits per heavy atom. The van der Waals surface area contributed by atoms with Gasteiger partial charge in [-0.1, -0.05) is 32.9 Å². The van der Waals surface area contributed by atoms with Crippen LogP contribution in [-0.4, -0.2) is 9.55 Å². The van der Waals surface area contributed by atoms with Crippen molar-refractivity contribution in [2.24, 2.45) is 5.41 Å². The molecule has 1 N–H and O–H groups in total. The van der Waals surface area contributed by atoms with Crippen molar-refractivity contribution in [1.29, 1.82) is 0 Å². The molecule has 0 aliphatic carbocycles. The fourth-order valence-corrected chi connectivity index (χ4v) is 3.53. The van der Waals surface area contributed by atoms with Crippen molar-refractivity contribution in [2.45, 2.75) is 46.6 Å². The van der Waals surface area contributed by atoms with Crippen molar-refractivity contribution < 1.29 is 0 Å². The maximum absolute atomic E-state index is 12.8. The first kappa shape index (κ1) is 15.0. The maximum atomic E-state index is 12.8. The van der Waals surface area contributed by atoms with E-state index in [4.69, 9.17) is 12.2 Å². The molecule has 108 valence electrons. The Bertz CT molecular complexity index is 747. The Balaban J connectivity index is 2.72. The molecule has 20 heavy (non-hydrogen) atoms. The van der Waals surface area contributed by atoms with Crippen molar-refractivity contribution in [3.05, 3.63) is 39.4 Å². The zero-order chi connectivity index (χ0) is 15.1. The van der Waals surface area contributed by atoms with Gasteiger partial charge in [0.05, 0.1) is 10.9 Å². The van der Waals surface area contributed by atoms with E-state index in [1.165, 1.54) is 0 Å². The zero-order valence-electron chi connectivity index (χ0n) is 12.8. The molecule has 0 atom stereocenters. The smallest absolute Gasteiger partial charge is 0.262 e. The second-order valence-corrected chi connectivity index (χ2v) is 7.55. The third-order valence-corrected chi connectivity index (χ3v) is 3.66. The maximum Gasteiger partial charge on any atom is 0.262 e. The molecule has 0 bridgehead atoms. The molecule has 0 saturated carbocycles. The molecule has 0 aliphatic rings. The molecule has 3 nitrogen and oxygen atoms in total. The van der Waals surface area contributed by atoms with Crippen LogP contribution in [0.1, 0.15) is 41.0 Å². The molecular weight excluding hydrogens is 268 g/mol. The Morgan fingerprint density at radius 1 is 1.15 bits per heavy atom. The van der Waals surface area contributed by atoms with Gasteiger partial charge in [-0.3, -0.25) is 9.36 Å². The predicted molar refractivity (Wildman–Crippen MR) is 86.8 cm³/mol. The molecule has 1 heterocycles. The van der Waals surface area contributed by atoms with E-state index in [2.05, 4.69) is 39.6 Å². The molecule has 0 fully saturated rings. The highest BCUT2D eigenvalue weighted by molar-refractivity contribution is 7.71. The second-order valence-electron chi connectivity index (χ2n) is 7.17. The average molecular weight is 290 g/mol. The van der Waals surface area contributed by atoms with E-state index in [0.717, 1.165) is 11.9 Å². The average Bonchev–Trinajstić information content (AvgIpc) is 2.25. The first-order valence-corrected chi connectivity index (χ1v) is 7.27. The van der Waals surface area contributed by atoms with E-state index >= 15 is 0 Å². The standard InChI is InChI=1S/C16H22N2OS/c1-15(2,3)10-16(4,5)18-13(19)11-8-6-7-9-12(11)17-14(18)20/h6-9H,10H2,1-5H3,(H,17,20). The van der Waals surface area contributed by atoms with Crippen LogP contribution in [0.25, 0.3) is 10.9 Å². The Hall–Kier alpha value is -1.42. The van der Waals surface area contributed by atoms with Crippen LogP contribution in [0.2, 0.25) is 0 Å². The normalized spacial score (nSPS) is 12.8. The number of para-hydroxylation sites is 1. The number of aromatic nitrogens is 2. The van der Waals surface area contributed by atoms with Crippen LogP contribution in [0.3, 0.4) is 0 Å². The number of H-pyrrole nitrogens is 1. The monoisotopic (exact) mass is 290 g/mol. The summed E-state index contributed by atoms with van der Waals surface area (Å²) in [6.07, 6.45) is 0.871. The summed E-state index contributed by atoms with van der Waals surface area (Å²) in [5.74, 6) is 0. The predicted octanol–water partition coefficient (Wildman–Crippen LogP) is 4.23. The number of nitrogens with one attached hydrogen (secondary N) is 1. The quantitative estimate of drug-likeness (QED) is 0.840. The van der Waals surface area contributed by atoms with E-state index in [1.807, 2.05) is 24.3 Å². The Labute approximate surface area is 124 Å². The SMILES string of the molecule is CC(C)(C)CC(C)(C)n1c(=S)[nH]c2ccccc2c1=O. The van der Waals surface area contributed by atoms with Gasteiger partial charge >= 0.3 is 0 Å². The molecule has 0 spiro atoms. The van der Waals surface area contributed by atoms with Gasteiger partial charge in [-0.05, 0) is 50.0 Å². The fraction of sp³-hybridized carbons (Fsp3) is 0.500. The number of fused-ring (bicyclic) bond motifs is 1. The van der Waals surface area contributed by atoms with Crippen LogP contribution in [-0.2, 0) is 5.54 Å². The van der Waals surface area contributed by atoms with E-state index in [9.17, 15) is 4.79 Å². The molecule has 0 radical (unpaired) electrons. The molecule has 0 aliphatic heterocycles. The van der Waals surface area contributed by atoms with Gasteiger partial charge in [-0.15, -0.1) is 0 Å². The topological polar surface area (TPSA) is 37.8 Å². The summed E-state index contributed by atoms with van der Waals surface area (Å²) in [5, 5.41) is 0.683. The summed E-state index contributed by atoms with van der Waals surface area (Å²) in [6.45, 7) is 10.7.